The number of azide groups is 1. The van der Waals surface area contributed by atoms with Crippen molar-refractivity contribution in [3.63, 3.8) is 0 Å². The number of aryl methyl sites for hydroxylation is 2. The normalized spacial score (nSPS) is 27.5. The fourth-order valence-electron chi connectivity index (χ4n) is 12.7. The molecule has 15 heterocycles. The Kier molecular flexibility index (Phi) is 29.6. The molecule has 0 bridgehead atoms. The van der Waals surface area contributed by atoms with E-state index in [4.69, 9.17) is 101 Å². The second-order valence-electron chi connectivity index (χ2n) is 26.5. The molecule has 0 aliphatic carbocycles. The molecule has 20 atom stereocenters. The summed E-state index contributed by atoms with van der Waals surface area (Å²) in [7, 11) is -18.6. The number of pyridine rings is 3. The van der Waals surface area contributed by atoms with Crippen molar-refractivity contribution in [1.29, 1.82) is 5.41 Å². The zero-order chi connectivity index (χ0) is 89.3. The van der Waals surface area contributed by atoms with Crippen LogP contribution in [-0.2, 0) is 76.2 Å². The summed E-state index contributed by atoms with van der Waals surface area (Å²) in [5.41, 5.74) is 19.0. The standard InChI is InChI=1S/C12H18N5O7P.C12H17N4O7P.C11H13ClN3O7P.C11H14N7O7P.C11H16N5O7P/c1-5-15-10(13-2)7-11(16-5)17(4-14-7)12-9(19)8(18)6(24-12)3-23-25(20,21)22;1-13-6-2-3-14-11-8(6)15-5-16(11)12-10(18)9(17)7(23-12)4-22-24(19,20)21;12-5-1-2-13-10-7(5)14-4-15(10)11-9(17)8(16)6(22-11)3-21-23(18,19)20;12-4-1-2-14-9-6(4)15-11(16-17-13)18(9)10-8(20)7(19)5(25-10)3-24-26(21,22)23;1-15-3-14-10-6(9(15)12)13-4-16(10)11-8(18)7(17)5(23-11)2-22-24(19,20)21/h4,6,8-9,12,18-19H,3H2,1-2H3,(H,13,15,16)(H2,20,21,22);2-3,5,7,9-10,12,17-18H,4H2,1H3,(H,13,14)(H2,19,20,21);1-2,4,6,8-9,11,16-17H,3H2,(H2,18,19,20);1-2,5,7-8,10,19-20H,3H2,(H2,12,14)(H2,21,22,23);3-5,7-8,11-12,17-18H,2H2,1H3,(H2,19,20,21)/t6-,8-,9-,12-;7-,9-,10-,12-;6-,8-,9-,11-;5-,7-,8-,10-;5-,7-,8-,11-/m11111/s1. The third-order valence-electron chi connectivity index (χ3n) is 18.4. The van der Waals surface area contributed by atoms with Crippen molar-refractivity contribution in [2.45, 2.75) is 130 Å². The molecule has 59 nitrogen and oxygen atoms in total. The highest BCUT2D eigenvalue weighted by molar-refractivity contribution is 7.47. The lowest BCUT2D eigenvalue weighted by Gasteiger charge is -2.18. The maximum atomic E-state index is 10.8. The predicted molar refractivity (Wildman–Crippen MR) is 402 cm³/mol. The van der Waals surface area contributed by atoms with E-state index in [0.29, 0.717) is 50.2 Å². The lowest BCUT2D eigenvalue weighted by molar-refractivity contribution is -0.0504. The topological polar surface area (TPSA) is 876 Å². The molecule has 5 aliphatic heterocycles. The largest absolute Gasteiger partial charge is 0.469 e. The summed E-state index contributed by atoms with van der Waals surface area (Å²) in [5.74, 6) is 0.740. The van der Waals surface area contributed by atoms with Gasteiger partial charge in [0.25, 0.3) is 0 Å². The van der Waals surface area contributed by atoms with Gasteiger partial charge in [-0.2, -0.15) is 0 Å². The Labute approximate surface area is 684 Å². The van der Waals surface area contributed by atoms with Gasteiger partial charge in [0.1, 0.15) is 119 Å². The van der Waals surface area contributed by atoms with Crippen LogP contribution < -0.4 is 21.9 Å². The van der Waals surface area contributed by atoms with Gasteiger partial charge in [-0.25, -0.2) is 77.6 Å². The first-order valence-electron chi connectivity index (χ1n) is 34.8. The molecule has 10 aromatic rings. The zero-order valence-electron chi connectivity index (χ0n) is 62.6. The monoisotopic (exact) mass is 1850 g/mol. The van der Waals surface area contributed by atoms with Crippen LogP contribution in [0.1, 0.15) is 37.0 Å². The second-order valence-corrected chi connectivity index (χ2v) is 33.1. The lowest BCUT2D eigenvalue weighted by Crippen LogP contribution is -2.33. The number of aromatic nitrogens is 17. The van der Waals surface area contributed by atoms with Gasteiger partial charge in [0.15, 0.2) is 76.2 Å². The molecule has 0 saturated carbocycles. The molecule has 65 heteroatoms. The van der Waals surface area contributed by atoms with Crippen molar-refractivity contribution >= 4 is 130 Å². The average molecular weight is 1850 g/mol. The molecule has 5 fully saturated rings. The molecule has 5 saturated heterocycles. The van der Waals surface area contributed by atoms with Gasteiger partial charge in [-0.15, -0.1) is 0 Å². The third-order valence-corrected chi connectivity index (χ3v) is 21.1. The van der Waals surface area contributed by atoms with Gasteiger partial charge in [0.05, 0.1) is 81.1 Å². The molecule has 10 aromatic heterocycles. The first-order chi connectivity index (χ1) is 57.2. The van der Waals surface area contributed by atoms with Gasteiger partial charge in [0, 0.05) is 44.6 Å². The van der Waals surface area contributed by atoms with Crippen molar-refractivity contribution in [2.24, 2.45) is 12.2 Å². The number of ether oxygens (including phenoxy) is 5. The molecule has 122 heavy (non-hydrogen) atoms. The van der Waals surface area contributed by atoms with Gasteiger partial charge in [0.2, 0.25) is 5.95 Å². The number of nitrogens with zero attached hydrogens (tertiary/aromatic N) is 20. The lowest BCUT2D eigenvalue weighted by atomic mass is 10.1. The fraction of sp³-hybridized carbons (Fsp3) is 0.509. The van der Waals surface area contributed by atoms with Crippen LogP contribution in [0.5, 0.6) is 0 Å². The fourth-order valence-corrected chi connectivity index (χ4v) is 14.6. The quantitative estimate of drug-likeness (QED) is 0.0124. The number of aliphatic hydroxyl groups is 10. The van der Waals surface area contributed by atoms with E-state index < -0.39 is 195 Å². The average Bonchev–Trinajstić information content (AvgIpc) is 1.60. The van der Waals surface area contributed by atoms with E-state index in [2.05, 4.69) is 98.1 Å². The highest BCUT2D eigenvalue weighted by Gasteiger charge is 2.51. The highest BCUT2D eigenvalue weighted by atomic mass is 35.5. The number of aliphatic hydroxyl groups excluding tert-OH is 10. The molecule has 15 rings (SSSR count). The number of hydrogen-bond donors (Lipinski definition) is 24. The first-order valence-corrected chi connectivity index (χ1v) is 42.8. The van der Waals surface area contributed by atoms with Gasteiger partial charge in [-0.1, -0.05) is 11.6 Å². The SMILES string of the molecule is CNc1ccnc2c1ncn2[C@@H]1O[C@H](COP(=O)(O)O)[C@@H](O)[C@H]1O.CNc1nc(C)nc2c1ncn2[C@@H]1O[C@H](COP(=O)(O)O)[C@@H](O)[C@H]1O.Cn1cnc2c(ncn2[C@@H]2O[C@H](COP(=O)(O)O)[C@@H](O)[C@H]2O)c1=N.O=P(O)(O)OC[C@H]1O[C@@H](n2cnc3c(Cl)ccnc32)[C@H](O)[C@@H]1O.[N-]=[N+]=Nc1nc2c(N)ccnc2n1[C@@H]1O[C@H](COP(=O)(O)O)[C@@H](O)[C@H]1O. The van der Waals surface area contributed by atoms with Crippen LogP contribution in [0.4, 0.5) is 23.1 Å². The van der Waals surface area contributed by atoms with E-state index in [1.54, 1.807) is 46.4 Å². The number of anilines is 3. The van der Waals surface area contributed by atoms with E-state index in [0.717, 1.165) is 10.3 Å². The van der Waals surface area contributed by atoms with Crippen molar-refractivity contribution in [1.82, 2.24) is 82.2 Å². The maximum Gasteiger partial charge on any atom is 0.469 e. The summed E-state index contributed by atoms with van der Waals surface area (Å²) >= 11 is 6.00. The Morgan fingerprint density at radius 3 is 1.22 bits per heavy atom. The van der Waals surface area contributed by atoms with Gasteiger partial charge in [-0.05, 0) is 35.8 Å². The number of nitrogen functional groups attached to an aromatic ring is 1. The molecule has 0 aromatic carbocycles. The molecule has 0 spiro atoms. The summed E-state index contributed by atoms with van der Waals surface area (Å²) in [6.45, 7) is -1.33. The van der Waals surface area contributed by atoms with Crippen LogP contribution >= 0.6 is 50.7 Å². The van der Waals surface area contributed by atoms with E-state index in [9.17, 15) is 73.9 Å². The minimum absolute atomic E-state index is 0.105. The molecule has 668 valence electrons. The summed E-state index contributed by atoms with van der Waals surface area (Å²) < 4.78 is 111. The van der Waals surface area contributed by atoms with Crippen molar-refractivity contribution < 1.29 is 169 Å². The number of nitrogens with one attached hydrogen (secondary N) is 3. The zero-order valence-corrected chi connectivity index (χ0v) is 67.9. The van der Waals surface area contributed by atoms with E-state index in [-0.39, 0.29) is 39.5 Å². The number of rotatable bonds is 23. The Morgan fingerprint density at radius 1 is 0.459 bits per heavy atom. The predicted octanol–water partition coefficient (Wildman–Crippen LogP) is -4.42. The van der Waals surface area contributed by atoms with Crippen LogP contribution in [0.15, 0.2) is 73.5 Å². The van der Waals surface area contributed by atoms with Crippen LogP contribution in [0, 0.1) is 12.3 Å². The number of phosphoric ester groups is 5. The van der Waals surface area contributed by atoms with E-state index in [1.165, 1.54) is 72.9 Å². The van der Waals surface area contributed by atoms with E-state index >= 15 is 0 Å². The molecule has 0 radical (unpaired) electrons. The van der Waals surface area contributed by atoms with Crippen LogP contribution in [0.25, 0.3) is 66.3 Å². The molecule has 0 amide bonds. The number of nitrogens with two attached hydrogens (primary N) is 1. The van der Waals surface area contributed by atoms with E-state index in [1.807, 2.05) is 0 Å². The maximum absolute atomic E-state index is 10.8. The third kappa shape index (κ3) is 21.6. The van der Waals surface area contributed by atoms with Gasteiger partial charge in [-0.3, -0.25) is 50.9 Å². The number of phosphoric acid groups is 5. The second kappa shape index (κ2) is 38.3. The smallest absolute Gasteiger partial charge is 0.397 e. The summed E-state index contributed by atoms with van der Waals surface area (Å²) in [6.07, 6.45) is -14.2. The molecule has 25 N–H and O–H groups in total. The van der Waals surface area contributed by atoms with Gasteiger partial charge < -0.3 is 145 Å². The van der Waals surface area contributed by atoms with Crippen molar-refractivity contribution in [3.05, 3.63) is 95.2 Å². The van der Waals surface area contributed by atoms with Crippen LogP contribution in [-0.4, -0.2) is 321 Å². The Bertz CT molecular complexity index is 5740. The van der Waals surface area contributed by atoms with Crippen molar-refractivity contribution in [3.8, 4) is 0 Å². The molecule has 5 aliphatic rings. The Hall–Kier alpha value is -8.29. The van der Waals surface area contributed by atoms with Crippen LogP contribution in [0.3, 0.4) is 0 Å². The highest BCUT2D eigenvalue weighted by Crippen LogP contribution is 2.46. The summed E-state index contributed by atoms with van der Waals surface area (Å²) in [5, 5.41) is 119. The number of imidazole rings is 5. The number of hydrogen-bond acceptors (Lipinski definition) is 41. The summed E-state index contributed by atoms with van der Waals surface area (Å²) in [6, 6.07) is 4.76. The first kappa shape index (κ1) is 94.4. The Balaban J connectivity index is 0.000000149. The summed E-state index contributed by atoms with van der Waals surface area (Å²) in [4.78, 5) is 136. The minimum Gasteiger partial charge on any atom is -0.397 e. The number of halogens is 1. The van der Waals surface area contributed by atoms with Crippen molar-refractivity contribution in [2.75, 3.05) is 63.5 Å². The van der Waals surface area contributed by atoms with Crippen LogP contribution in [0.2, 0.25) is 5.02 Å². The molecular formula is C57H78ClN24O35P5. The molecule has 0 unspecified atom stereocenters. The Morgan fingerprint density at radius 2 is 0.811 bits per heavy atom. The van der Waals surface area contributed by atoms with Gasteiger partial charge >= 0.3 is 39.1 Å². The molecular weight excluding hydrogens is 1770 g/mol. The minimum atomic E-state index is -4.80. The number of fused-ring (bicyclic) bond motifs is 5.